The van der Waals surface area contributed by atoms with E-state index in [1.165, 1.54) is 4.90 Å². The Bertz CT molecular complexity index is 982. The number of hydrogen-bond donors (Lipinski definition) is 2. The molecule has 2 aromatic carbocycles. The van der Waals surface area contributed by atoms with E-state index in [4.69, 9.17) is 25.8 Å². The maximum Gasteiger partial charge on any atom is 0.326 e. The summed E-state index contributed by atoms with van der Waals surface area (Å²) >= 11 is 6.17. The molecule has 2 N–H and O–H groups in total. The highest BCUT2D eigenvalue weighted by molar-refractivity contribution is 6.30. The van der Waals surface area contributed by atoms with E-state index < -0.39 is 24.2 Å². The molecule has 8 nitrogen and oxygen atoms in total. The van der Waals surface area contributed by atoms with Gasteiger partial charge in [-0.05, 0) is 30.2 Å². The maximum absolute atomic E-state index is 13.5. The van der Waals surface area contributed by atoms with E-state index in [9.17, 15) is 14.7 Å². The summed E-state index contributed by atoms with van der Waals surface area (Å²) < 4.78 is 16.5. The van der Waals surface area contributed by atoms with Crippen molar-refractivity contribution in [2.45, 2.75) is 37.2 Å². The first-order chi connectivity index (χ1) is 16.0. The number of aliphatic carboxylic acids is 1. The molecule has 0 radical (unpaired) electrons. The number of ether oxygens (including phenoxy) is 3. The van der Waals surface area contributed by atoms with Crippen LogP contribution in [0.1, 0.15) is 23.6 Å². The molecule has 0 aromatic heterocycles. The van der Waals surface area contributed by atoms with Crippen LogP contribution in [0.3, 0.4) is 0 Å². The van der Waals surface area contributed by atoms with Gasteiger partial charge in [0.05, 0.1) is 33.0 Å². The molecular formula is C24H27ClN2O6. The smallest absolute Gasteiger partial charge is 0.326 e. The normalized spacial score (nSPS) is 25.1. The van der Waals surface area contributed by atoms with Crippen molar-refractivity contribution in [1.29, 1.82) is 0 Å². The number of hydrogen-bond acceptors (Lipinski definition) is 6. The van der Waals surface area contributed by atoms with Crippen molar-refractivity contribution < 1.29 is 28.9 Å². The summed E-state index contributed by atoms with van der Waals surface area (Å²) in [5.41, 5.74) is 1.69. The number of methoxy groups -OCH3 is 1. The molecule has 2 fully saturated rings. The summed E-state index contributed by atoms with van der Waals surface area (Å²) in [4.78, 5) is 27.1. The monoisotopic (exact) mass is 474 g/mol. The highest BCUT2D eigenvalue weighted by Gasteiger charge is 2.49. The van der Waals surface area contributed by atoms with Crippen molar-refractivity contribution in [1.82, 2.24) is 10.2 Å². The Morgan fingerprint density at radius 1 is 1.21 bits per heavy atom. The number of carboxylic acid groups (broad SMARTS) is 1. The summed E-state index contributed by atoms with van der Waals surface area (Å²) in [6.07, 6.45) is -0.574. The Labute approximate surface area is 197 Å². The first-order valence-electron chi connectivity index (χ1n) is 10.8. The third kappa shape index (κ3) is 5.14. The second-order valence-corrected chi connectivity index (χ2v) is 8.51. The lowest BCUT2D eigenvalue weighted by Gasteiger charge is -2.34. The molecule has 2 aliphatic rings. The molecule has 0 bridgehead atoms. The van der Waals surface area contributed by atoms with Crippen LogP contribution >= 0.6 is 11.6 Å². The largest absolute Gasteiger partial charge is 0.496 e. The van der Waals surface area contributed by atoms with Crippen molar-refractivity contribution in [3.8, 4) is 5.75 Å². The fraction of sp³-hybridized carbons (Fsp3) is 0.417. The van der Waals surface area contributed by atoms with Gasteiger partial charge in [-0.15, -0.1) is 0 Å². The second-order valence-electron chi connectivity index (χ2n) is 8.07. The van der Waals surface area contributed by atoms with Gasteiger partial charge in [0.1, 0.15) is 11.8 Å². The predicted octanol–water partition coefficient (Wildman–Crippen LogP) is 2.65. The van der Waals surface area contributed by atoms with Gasteiger partial charge in [-0.3, -0.25) is 4.79 Å². The van der Waals surface area contributed by atoms with Crippen LogP contribution in [0, 0.1) is 0 Å². The molecule has 4 atom stereocenters. The highest BCUT2D eigenvalue weighted by Crippen LogP contribution is 2.38. The lowest BCUT2D eigenvalue weighted by Crippen LogP contribution is -2.50. The summed E-state index contributed by atoms with van der Waals surface area (Å²) in [5.74, 6) is -0.747. The quantitative estimate of drug-likeness (QED) is 0.636. The molecule has 0 saturated carbocycles. The third-order valence-electron chi connectivity index (χ3n) is 6.06. The number of halogens is 1. The Kier molecular flexibility index (Phi) is 7.49. The van der Waals surface area contributed by atoms with E-state index in [0.717, 1.165) is 11.1 Å². The number of benzene rings is 2. The Balaban J connectivity index is 1.65. The van der Waals surface area contributed by atoms with Crippen molar-refractivity contribution >= 4 is 23.5 Å². The van der Waals surface area contributed by atoms with Gasteiger partial charge in [-0.2, -0.15) is 0 Å². The highest BCUT2D eigenvalue weighted by atomic mass is 35.5. The van der Waals surface area contributed by atoms with E-state index in [2.05, 4.69) is 5.32 Å². The van der Waals surface area contributed by atoms with Gasteiger partial charge < -0.3 is 29.5 Å². The number of carbonyl (C=O) groups excluding carboxylic acids is 1. The Morgan fingerprint density at radius 3 is 2.67 bits per heavy atom. The predicted molar refractivity (Wildman–Crippen MR) is 121 cm³/mol. The number of amides is 1. The van der Waals surface area contributed by atoms with Crippen molar-refractivity contribution in [3.05, 3.63) is 64.7 Å². The fourth-order valence-corrected chi connectivity index (χ4v) is 4.74. The minimum atomic E-state index is -1.05. The molecule has 33 heavy (non-hydrogen) atoms. The van der Waals surface area contributed by atoms with Gasteiger partial charge in [0, 0.05) is 23.2 Å². The topological polar surface area (TPSA) is 97.3 Å². The van der Waals surface area contributed by atoms with Gasteiger partial charge in [-0.25, -0.2) is 4.79 Å². The van der Waals surface area contributed by atoms with Crippen LogP contribution in [0.25, 0.3) is 0 Å². The van der Waals surface area contributed by atoms with Crippen LogP contribution < -0.4 is 10.1 Å². The average molecular weight is 475 g/mol. The zero-order valence-corrected chi connectivity index (χ0v) is 19.0. The number of carbonyl (C=O) groups is 2. The van der Waals surface area contributed by atoms with Gasteiger partial charge in [0.2, 0.25) is 0 Å². The van der Waals surface area contributed by atoms with E-state index in [0.29, 0.717) is 30.5 Å². The zero-order chi connectivity index (χ0) is 23.4. The zero-order valence-electron chi connectivity index (χ0n) is 18.3. The van der Waals surface area contributed by atoms with Gasteiger partial charge in [0.15, 0.2) is 6.10 Å². The van der Waals surface area contributed by atoms with Gasteiger partial charge in [-0.1, -0.05) is 41.9 Å². The van der Waals surface area contributed by atoms with Crippen LogP contribution in [0.2, 0.25) is 5.02 Å². The lowest BCUT2D eigenvalue weighted by molar-refractivity contribution is -0.165. The van der Waals surface area contributed by atoms with E-state index >= 15 is 0 Å². The first kappa shape index (κ1) is 23.5. The van der Waals surface area contributed by atoms with Crippen LogP contribution in [0.15, 0.2) is 48.5 Å². The number of rotatable bonds is 7. The van der Waals surface area contributed by atoms with Gasteiger partial charge in [0.25, 0.3) is 5.91 Å². The summed E-state index contributed by atoms with van der Waals surface area (Å²) in [5, 5.41) is 14.0. The van der Waals surface area contributed by atoms with Crippen molar-refractivity contribution in [3.63, 3.8) is 0 Å². The number of likely N-dealkylation sites (tertiary alicyclic amines) is 1. The third-order valence-corrected chi connectivity index (χ3v) is 6.30. The van der Waals surface area contributed by atoms with Gasteiger partial charge >= 0.3 is 5.97 Å². The van der Waals surface area contributed by atoms with Crippen LogP contribution in [0.4, 0.5) is 0 Å². The molecule has 9 heteroatoms. The minimum absolute atomic E-state index is 0.112. The van der Waals surface area contributed by atoms with Crippen LogP contribution in [-0.4, -0.2) is 67.0 Å². The SMILES string of the molecule is COc1ccc(Cl)cc1CNC1CC(C(=O)O)N(C(=O)C2COCCO2)C1c1ccccc1. The maximum atomic E-state index is 13.5. The molecule has 1 amide bonds. The lowest BCUT2D eigenvalue weighted by atomic mass is 9.99. The molecule has 2 aromatic rings. The van der Waals surface area contributed by atoms with Crippen LogP contribution in [-0.2, 0) is 25.6 Å². The molecule has 176 valence electrons. The number of nitrogens with zero attached hydrogens (tertiary/aromatic N) is 1. The summed E-state index contributed by atoms with van der Waals surface area (Å²) in [6, 6.07) is 13.0. The summed E-state index contributed by atoms with van der Waals surface area (Å²) in [7, 11) is 1.59. The first-order valence-corrected chi connectivity index (χ1v) is 11.2. The molecular weight excluding hydrogens is 448 g/mol. The molecule has 2 saturated heterocycles. The molecule has 2 aliphatic heterocycles. The van der Waals surface area contributed by atoms with Crippen molar-refractivity contribution in [2.24, 2.45) is 0 Å². The number of carboxylic acids is 1. The van der Waals surface area contributed by atoms with Crippen LogP contribution in [0.5, 0.6) is 5.75 Å². The molecule has 2 heterocycles. The standard InChI is InChI=1S/C24H27ClN2O6/c1-31-20-8-7-17(25)11-16(20)13-26-18-12-19(24(29)30)27(22(18)15-5-3-2-4-6-15)23(28)21-14-32-9-10-33-21/h2-8,11,18-19,21-22,26H,9-10,12-14H2,1H3,(H,29,30). The summed E-state index contributed by atoms with van der Waals surface area (Å²) in [6.45, 7) is 1.23. The molecule has 4 rings (SSSR count). The molecule has 0 aliphatic carbocycles. The Hall–Kier alpha value is -2.65. The minimum Gasteiger partial charge on any atom is -0.496 e. The number of nitrogens with one attached hydrogen (secondary N) is 1. The van der Waals surface area contributed by atoms with E-state index in [-0.39, 0.29) is 25.0 Å². The second kappa shape index (κ2) is 10.5. The van der Waals surface area contributed by atoms with E-state index in [1.807, 2.05) is 36.4 Å². The fourth-order valence-electron chi connectivity index (χ4n) is 4.54. The Morgan fingerprint density at radius 2 is 2.00 bits per heavy atom. The van der Waals surface area contributed by atoms with E-state index in [1.54, 1.807) is 19.2 Å². The molecule has 4 unspecified atom stereocenters. The molecule has 0 spiro atoms. The van der Waals surface area contributed by atoms with Crippen molar-refractivity contribution in [2.75, 3.05) is 26.9 Å². The average Bonchev–Trinajstić information content (AvgIpc) is 3.23.